The van der Waals surface area contributed by atoms with Crippen LogP contribution in [0.2, 0.25) is 0 Å². The summed E-state index contributed by atoms with van der Waals surface area (Å²) in [5, 5.41) is 0. The van der Waals surface area contributed by atoms with Crippen molar-refractivity contribution in [1.29, 1.82) is 0 Å². The molecule has 2 fully saturated rings. The fourth-order valence-electron chi connectivity index (χ4n) is 4.31. The number of piperidine rings is 1. The maximum absolute atomic E-state index is 13.0. The summed E-state index contributed by atoms with van der Waals surface area (Å²) in [7, 11) is 0. The van der Waals surface area contributed by atoms with Crippen molar-refractivity contribution in [2.45, 2.75) is 45.8 Å². The quantitative estimate of drug-likeness (QED) is 0.753. The number of ether oxygens (including phenoxy) is 1. The van der Waals surface area contributed by atoms with E-state index in [4.69, 9.17) is 4.74 Å². The van der Waals surface area contributed by atoms with Crippen molar-refractivity contribution in [1.82, 2.24) is 24.1 Å². The van der Waals surface area contributed by atoms with Crippen LogP contribution in [-0.2, 0) is 16.1 Å². The molecule has 0 bridgehead atoms. The van der Waals surface area contributed by atoms with Gasteiger partial charge in [-0.15, -0.1) is 0 Å². The molecule has 4 heterocycles. The number of hydrogen-bond donors (Lipinski definition) is 0. The third-order valence-corrected chi connectivity index (χ3v) is 5.98. The van der Waals surface area contributed by atoms with Gasteiger partial charge in [-0.1, -0.05) is 6.07 Å². The van der Waals surface area contributed by atoms with E-state index in [2.05, 4.69) is 16.1 Å². The number of likely N-dealkylation sites (tertiary alicyclic amines) is 1. The SMILES string of the molecule is CC(C)(C)OC(=O)N1CCC(C(=O)N2CCN(Cc3cn4ccccc4n3)CC2)CC1. The van der Waals surface area contributed by atoms with Crippen LogP contribution in [-0.4, -0.2) is 81.0 Å². The molecule has 0 aliphatic carbocycles. The van der Waals surface area contributed by atoms with Crippen molar-refractivity contribution < 1.29 is 14.3 Å². The van der Waals surface area contributed by atoms with Gasteiger partial charge in [-0.25, -0.2) is 9.78 Å². The Morgan fingerprint density at radius 2 is 1.74 bits per heavy atom. The van der Waals surface area contributed by atoms with E-state index in [9.17, 15) is 9.59 Å². The maximum atomic E-state index is 13.0. The summed E-state index contributed by atoms with van der Waals surface area (Å²) in [6.07, 6.45) is 5.22. The van der Waals surface area contributed by atoms with E-state index in [1.54, 1.807) is 4.90 Å². The lowest BCUT2D eigenvalue weighted by molar-refractivity contribution is -0.139. The van der Waals surface area contributed by atoms with Crippen LogP contribution in [0.3, 0.4) is 0 Å². The fourth-order valence-corrected chi connectivity index (χ4v) is 4.31. The van der Waals surface area contributed by atoms with Gasteiger partial charge >= 0.3 is 6.09 Å². The zero-order valence-corrected chi connectivity index (χ0v) is 18.8. The molecule has 2 saturated heterocycles. The van der Waals surface area contributed by atoms with E-state index in [1.807, 2.05) is 54.5 Å². The van der Waals surface area contributed by atoms with E-state index < -0.39 is 5.60 Å². The van der Waals surface area contributed by atoms with Gasteiger partial charge in [-0.05, 0) is 45.7 Å². The minimum absolute atomic E-state index is 0.00340. The molecule has 8 heteroatoms. The van der Waals surface area contributed by atoms with Crippen LogP contribution in [0.4, 0.5) is 4.79 Å². The molecule has 2 aromatic heterocycles. The highest BCUT2D eigenvalue weighted by molar-refractivity contribution is 5.79. The molecular weight excluding hydrogens is 394 g/mol. The molecule has 0 radical (unpaired) electrons. The number of aromatic nitrogens is 2. The lowest BCUT2D eigenvalue weighted by Gasteiger charge is -2.38. The predicted molar refractivity (Wildman–Crippen MR) is 118 cm³/mol. The van der Waals surface area contributed by atoms with Crippen molar-refractivity contribution in [3.05, 3.63) is 36.3 Å². The fraction of sp³-hybridized carbons (Fsp3) is 0.609. The first-order chi connectivity index (χ1) is 14.8. The number of fused-ring (bicyclic) bond motifs is 1. The number of nitrogens with zero attached hydrogens (tertiary/aromatic N) is 5. The van der Waals surface area contributed by atoms with E-state index >= 15 is 0 Å². The molecule has 4 rings (SSSR count). The number of pyridine rings is 1. The van der Waals surface area contributed by atoms with Crippen LogP contribution in [0, 0.1) is 5.92 Å². The van der Waals surface area contributed by atoms with Gasteiger partial charge in [0.1, 0.15) is 11.2 Å². The smallest absolute Gasteiger partial charge is 0.410 e. The molecule has 2 aliphatic rings. The molecule has 2 aliphatic heterocycles. The second-order valence-electron chi connectivity index (χ2n) is 9.54. The Kier molecular flexibility index (Phi) is 6.18. The van der Waals surface area contributed by atoms with E-state index in [0.29, 0.717) is 25.9 Å². The van der Waals surface area contributed by atoms with Crippen LogP contribution < -0.4 is 0 Å². The average molecular weight is 428 g/mol. The predicted octanol–water partition coefficient (Wildman–Crippen LogP) is 2.63. The number of amides is 2. The Bertz CT molecular complexity index is 886. The summed E-state index contributed by atoms with van der Waals surface area (Å²) in [5.74, 6) is 0.236. The number of piperazine rings is 1. The van der Waals surface area contributed by atoms with Gasteiger partial charge in [0, 0.05) is 64.1 Å². The molecule has 0 N–H and O–H groups in total. The van der Waals surface area contributed by atoms with Gasteiger partial charge in [0.2, 0.25) is 5.91 Å². The number of carbonyl (C=O) groups is 2. The zero-order chi connectivity index (χ0) is 22.0. The van der Waals surface area contributed by atoms with Crippen molar-refractivity contribution >= 4 is 17.6 Å². The number of carbonyl (C=O) groups excluding carboxylic acids is 2. The first kappa shape index (κ1) is 21.6. The second-order valence-corrected chi connectivity index (χ2v) is 9.54. The molecular formula is C23H33N5O3. The number of imidazole rings is 1. The van der Waals surface area contributed by atoms with Crippen LogP contribution >= 0.6 is 0 Å². The molecule has 0 saturated carbocycles. The zero-order valence-electron chi connectivity index (χ0n) is 18.8. The van der Waals surface area contributed by atoms with E-state index in [-0.39, 0.29) is 17.9 Å². The Labute approximate surface area is 183 Å². The van der Waals surface area contributed by atoms with Gasteiger partial charge in [0.05, 0.1) is 5.69 Å². The summed E-state index contributed by atoms with van der Waals surface area (Å²) < 4.78 is 7.49. The third-order valence-electron chi connectivity index (χ3n) is 5.98. The summed E-state index contributed by atoms with van der Waals surface area (Å²) in [6, 6.07) is 6.00. The van der Waals surface area contributed by atoms with Gasteiger partial charge in [-0.3, -0.25) is 9.69 Å². The van der Waals surface area contributed by atoms with Crippen LogP contribution in [0.1, 0.15) is 39.3 Å². The molecule has 0 unspecified atom stereocenters. The molecule has 8 nitrogen and oxygen atoms in total. The summed E-state index contributed by atoms with van der Waals surface area (Å²) in [6.45, 7) is 10.8. The van der Waals surface area contributed by atoms with Gasteiger partial charge in [-0.2, -0.15) is 0 Å². The first-order valence-corrected chi connectivity index (χ1v) is 11.2. The van der Waals surface area contributed by atoms with Gasteiger partial charge < -0.3 is 18.9 Å². The molecule has 0 atom stereocenters. The van der Waals surface area contributed by atoms with Crippen molar-refractivity contribution in [3.8, 4) is 0 Å². The molecule has 168 valence electrons. The summed E-state index contributed by atoms with van der Waals surface area (Å²) in [5.41, 5.74) is 1.52. The van der Waals surface area contributed by atoms with Crippen molar-refractivity contribution in [2.24, 2.45) is 5.92 Å². The lowest BCUT2D eigenvalue weighted by Crippen LogP contribution is -2.51. The highest BCUT2D eigenvalue weighted by atomic mass is 16.6. The monoisotopic (exact) mass is 427 g/mol. The number of rotatable bonds is 3. The first-order valence-electron chi connectivity index (χ1n) is 11.2. The Morgan fingerprint density at radius 1 is 1.03 bits per heavy atom. The maximum Gasteiger partial charge on any atom is 0.410 e. The van der Waals surface area contributed by atoms with Crippen molar-refractivity contribution in [2.75, 3.05) is 39.3 Å². The van der Waals surface area contributed by atoms with Gasteiger partial charge in [0.15, 0.2) is 0 Å². The average Bonchev–Trinajstić information content (AvgIpc) is 3.15. The molecule has 31 heavy (non-hydrogen) atoms. The lowest BCUT2D eigenvalue weighted by atomic mass is 9.95. The topological polar surface area (TPSA) is 70.4 Å². The summed E-state index contributed by atoms with van der Waals surface area (Å²) >= 11 is 0. The highest BCUT2D eigenvalue weighted by Gasteiger charge is 2.33. The Morgan fingerprint density at radius 3 is 2.39 bits per heavy atom. The minimum atomic E-state index is -0.493. The highest BCUT2D eigenvalue weighted by Crippen LogP contribution is 2.22. The van der Waals surface area contributed by atoms with Crippen LogP contribution in [0.15, 0.2) is 30.6 Å². The van der Waals surface area contributed by atoms with E-state index in [0.717, 1.165) is 44.1 Å². The Hall–Kier alpha value is -2.61. The van der Waals surface area contributed by atoms with Crippen LogP contribution in [0.5, 0.6) is 0 Å². The van der Waals surface area contributed by atoms with Crippen molar-refractivity contribution in [3.63, 3.8) is 0 Å². The number of hydrogen-bond acceptors (Lipinski definition) is 5. The molecule has 2 aromatic rings. The molecule has 2 amide bonds. The molecule has 0 spiro atoms. The largest absolute Gasteiger partial charge is 0.444 e. The second kappa shape index (κ2) is 8.86. The normalized spacial score (nSPS) is 19.1. The standard InChI is InChI=1S/C23H33N5O3/c1-23(2,3)31-22(30)27-10-7-18(8-11-27)21(29)26-14-12-25(13-15-26)16-19-17-28-9-5-4-6-20(28)24-19/h4-6,9,17-18H,7-8,10-16H2,1-3H3. The Balaban J connectivity index is 1.23. The summed E-state index contributed by atoms with van der Waals surface area (Å²) in [4.78, 5) is 36.0. The minimum Gasteiger partial charge on any atom is -0.444 e. The van der Waals surface area contributed by atoms with Gasteiger partial charge in [0.25, 0.3) is 0 Å². The molecule has 0 aromatic carbocycles. The van der Waals surface area contributed by atoms with E-state index in [1.165, 1.54) is 0 Å². The third kappa shape index (κ3) is 5.36. The van der Waals surface area contributed by atoms with Crippen LogP contribution in [0.25, 0.3) is 5.65 Å².